The molecular formula is C17H23NO3. The van der Waals surface area contributed by atoms with E-state index in [1.807, 2.05) is 19.1 Å². The Hall–Kier alpha value is -1.83. The minimum absolute atomic E-state index is 0.134. The highest BCUT2D eigenvalue weighted by molar-refractivity contribution is 5.94. The van der Waals surface area contributed by atoms with Crippen LogP contribution in [0.3, 0.4) is 0 Å². The summed E-state index contributed by atoms with van der Waals surface area (Å²) in [7, 11) is 0. The van der Waals surface area contributed by atoms with Gasteiger partial charge in [0, 0.05) is 24.3 Å². The summed E-state index contributed by atoms with van der Waals surface area (Å²) >= 11 is 0. The molecule has 1 amide bonds. The van der Waals surface area contributed by atoms with Gasteiger partial charge in [0.2, 0.25) is 0 Å². The van der Waals surface area contributed by atoms with Crippen molar-refractivity contribution in [3.05, 3.63) is 34.9 Å². The first-order chi connectivity index (χ1) is 10.2. The largest absolute Gasteiger partial charge is 0.384 e. The normalized spacial score (nSPS) is 9.86. The molecule has 0 unspecified atom stereocenters. The first-order valence-electron chi connectivity index (χ1n) is 7.24. The molecule has 0 fully saturated rings. The topological polar surface area (TPSA) is 58.6 Å². The zero-order valence-electron chi connectivity index (χ0n) is 12.7. The molecule has 0 radical (unpaired) electrons. The van der Waals surface area contributed by atoms with E-state index in [9.17, 15) is 4.79 Å². The molecule has 0 heterocycles. The van der Waals surface area contributed by atoms with Gasteiger partial charge in [0.05, 0.1) is 6.61 Å². The molecule has 0 spiro atoms. The lowest BCUT2D eigenvalue weighted by atomic mass is 10.1. The van der Waals surface area contributed by atoms with Gasteiger partial charge in [-0.3, -0.25) is 4.79 Å². The van der Waals surface area contributed by atoms with E-state index in [1.54, 1.807) is 6.07 Å². The van der Waals surface area contributed by atoms with E-state index >= 15 is 0 Å². The van der Waals surface area contributed by atoms with Crippen molar-refractivity contribution < 1.29 is 14.6 Å². The quantitative estimate of drug-likeness (QED) is 0.595. The highest BCUT2D eigenvalue weighted by atomic mass is 16.5. The van der Waals surface area contributed by atoms with E-state index in [-0.39, 0.29) is 12.5 Å². The van der Waals surface area contributed by atoms with Crippen LogP contribution in [0.15, 0.2) is 18.2 Å². The summed E-state index contributed by atoms with van der Waals surface area (Å²) in [5.41, 5.74) is 2.27. The predicted octanol–water partition coefficient (Wildman–Crippen LogP) is 1.89. The number of nitrogens with one attached hydrogen (secondary N) is 1. The smallest absolute Gasteiger partial charge is 0.251 e. The summed E-state index contributed by atoms with van der Waals surface area (Å²) < 4.78 is 5.40. The summed E-state index contributed by atoms with van der Waals surface area (Å²) in [6.45, 7) is 5.58. The van der Waals surface area contributed by atoms with E-state index < -0.39 is 0 Å². The average molecular weight is 289 g/mol. The Kier molecular flexibility index (Phi) is 8.18. The predicted molar refractivity (Wildman–Crippen MR) is 83.2 cm³/mol. The number of carbonyl (C=O) groups is 1. The second kappa shape index (κ2) is 9.98. The van der Waals surface area contributed by atoms with E-state index in [0.717, 1.165) is 30.6 Å². The van der Waals surface area contributed by atoms with Gasteiger partial charge >= 0.3 is 0 Å². The van der Waals surface area contributed by atoms with Crippen LogP contribution in [0.4, 0.5) is 0 Å². The summed E-state index contributed by atoms with van der Waals surface area (Å²) in [4.78, 5) is 12.0. The van der Waals surface area contributed by atoms with Crippen LogP contribution in [0, 0.1) is 18.8 Å². The first-order valence-corrected chi connectivity index (χ1v) is 7.24. The number of carbonyl (C=O) groups excluding carboxylic acids is 1. The van der Waals surface area contributed by atoms with Gasteiger partial charge in [0.25, 0.3) is 5.91 Å². The van der Waals surface area contributed by atoms with E-state index in [2.05, 4.69) is 24.1 Å². The molecule has 4 nitrogen and oxygen atoms in total. The second-order valence-corrected chi connectivity index (χ2v) is 4.77. The summed E-state index contributed by atoms with van der Waals surface area (Å²) in [6, 6.07) is 5.42. The zero-order valence-corrected chi connectivity index (χ0v) is 12.7. The number of amides is 1. The minimum Gasteiger partial charge on any atom is -0.384 e. The highest BCUT2D eigenvalue weighted by Crippen LogP contribution is 2.09. The number of hydrogen-bond donors (Lipinski definition) is 2. The Morgan fingerprint density at radius 1 is 1.33 bits per heavy atom. The molecule has 1 aromatic rings. The lowest BCUT2D eigenvalue weighted by Gasteiger charge is -2.07. The molecule has 0 aliphatic carbocycles. The number of hydrogen-bond acceptors (Lipinski definition) is 3. The molecule has 0 saturated heterocycles. The number of benzene rings is 1. The van der Waals surface area contributed by atoms with Crippen molar-refractivity contribution in [2.75, 3.05) is 26.4 Å². The molecule has 1 aromatic carbocycles. The molecule has 2 N–H and O–H groups in total. The van der Waals surface area contributed by atoms with Gasteiger partial charge in [-0.25, -0.2) is 0 Å². The van der Waals surface area contributed by atoms with Gasteiger partial charge in [0.1, 0.15) is 6.61 Å². The van der Waals surface area contributed by atoms with Crippen molar-refractivity contribution in [1.82, 2.24) is 5.32 Å². The van der Waals surface area contributed by atoms with E-state index in [1.165, 1.54) is 0 Å². The van der Waals surface area contributed by atoms with Crippen LogP contribution in [0.25, 0.3) is 0 Å². The molecule has 114 valence electrons. The maximum absolute atomic E-state index is 12.0. The number of rotatable bonds is 7. The van der Waals surface area contributed by atoms with E-state index in [0.29, 0.717) is 18.7 Å². The number of ether oxygens (including phenoxy) is 1. The molecule has 0 bridgehead atoms. The Labute approximate surface area is 126 Å². The van der Waals surface area contributed by atoms with Crippen molar-refractivity contribution in [2.24, 2.45) is 0 Å². The van der Waals surface area contributed by atoms with Gasteiger partial charge in [-0.2, -0.15) is 0 Å². The lowest BCUT2D eigenvalue weighted by Crippen LogP contribution is -2.27. The van der Waals surface area contributed by atoms with Crippen molar-refractivity contribution in [2.45, 2.75) is 26.7 Å². The van der Waals surface area contributed by atoms with Gasteiger partial charge < -0.3 is 15.2 Å². The van der Waals surface area contributed by atoms with Crippen molar-refractivity contribution >= 4 is 5.91 Å². The van der Waals surface area contributed by atoms with Gasteiger partial charge in [0.15, 0.2) is 0 Å². The van der Waals surface area contributed by atoms with Crippen LogP contribution in [-0.4, -0.2) is 37.4 Å². The molecule has 4 heteroatoms. The van der Waals surface area contributed by atoms with Gasteiger partial charge in [-0.15, -0.1) is 0 Å². The SMILES string of the molecule is CCCCOCCNC(=O)c1cc(C)cc(C#CCO)c1. The highest BCUT2D eigenvalue weighted by Gasteiger charge is 2.06. The maximum Gasteiger partial charge on any atom is 0.251 e. The molecule has 0 aliphatic heterocycles. The number of aliphatic hydroxyl groups is 1. The monoisotopic (exact) mass is 289 g/mol. The molecule has 0 atom stereocenters. The fourth-order valence-corrected chi connectivity index (χ4v) is 1.82. The van der Waals surface area contributed by atoms with Gasteiger partial charge in [-0.05, 0) is 37.1 Å². The standard InChI is InChI=1S/C17H23NO3/c1-3-4-9-21-10-7-18-17(20)16-12-14(2)11-15(13-16)6-5-8-19/h11-13,19H,3-4,7-10H2,1-2H3,(H,18,20). The van der Waals surface area contributed by atoms with Crippen LogP contribution in [0.5, 0.6) is 0 Å². The van der Waals surface area contributed by atoms with Crippen LogP contribution < -0.4 is 5.32 Å². The third-order valence-electron chi connectivity index (χ3n) is 2.83. The van der Waals surface area contributed by atoms with Crippen LogP contribution in [0.2, 0.25) is 0 Å². The molecule has 0 saturated carbocycles. The lowest BCUT2D eigenvalue weighted by molar-refractivity contribution is 0.0912. The van der Waals surface area contributed by atoms with Crippen LogP contribution in [-0.2, 0) is 4.74 Å². The fraction of sp³-hybridized carbons (Fsp3) is 0.471. The molecule has 0 aliphatic rings. The Morgan fingerprint density at radius 2 is 2.14 bits per heavy atom. The molecular weight excluding hydrogens is 266 g/mol. The van der Waals surface area contributed by atoms with Gasteiger partial charge in [-0.1, -0.05) is 25.2 Å². The fourth-order valence-electron chi connectivity index (χ4n) is 1.82. The van der Waals surface area contributed by atoms with Crippen molar-refractivity contribution in [3.63, 3.8) is 0 Å². The van der Waals surface area contributed by atoms with Crippen molar-refractivity contribution in [3.8, 4) is 11.8 Å². The summed E-state index contributed by atoms with van der Waals surface area (Å²) in [5, 5.41) is 11.5. The minimum atomic E-state index is -0.190. The summed E-state index contributed by atoms with van der Waals surface area (Å²) in [6.07, 6.45) is 2.14. The molecule has 21 heavy (non-hydrogen) atoms. The van der Waals surface area contributed by atoms with E-state index in [4.69, 9.17) is 9.84 Å². The second-order valence-electron chi connectivity index (χ2n) is 4.77. The Morgan fingerprint density at radius 3 is 2.86 bits per heavy atom. The molecule has 1 rings (SSSR count). The third-order valence-corrected chi connectivity index (χ3v) is 2.83. The molecule has 0 aromatic heterocycles. The number of aryl methyl sites for hydroxylation is 1. The number of aliphatic hydroxyl groups excluding tert-OH is 1. The summed E-state index contributed by atoms with van der Waals surface area (Å²) in [5.74, 6) is 5.27. The first kappa shape index (κ1) is 17.2. The van der Waals surface area contributed by atoms with Crippen molar-refractivity contribution in [1.29, 1.82) is 0 Å². The Bertz CT molecular complexity index is 515. The third kappa shape index (κ3) is 6.94. The average Bonchev–Trinajstić information content (AvgIpc) is 2.48. The maximum atomic E-state index is 12.0. The Balaban J connectivity index is 2.51. The van der Waals surface area contributed by atoms with Crippen LogP contribution in [0.1, 0.15) is 41.3 Å². The zero-order chi connectivity index (χ0) is 15.5. The number of unbranched alkanes of at least 4 members (excludes halogenated alkanes) is 1. The van der Waals surface area contributed by atoms with Crippen LogP contribution >= 0.6 is 0 Å².